The summed E-state index contributed by atoms with van der Waals surface area (Å²) in [6, 6.07) is 1.88. The van der Waals surface area contributed by atoms with Crippen molar-refractivity contribution in [3.05, 3.63) is 35.9 Å². The molecular formula is C18H24N6O2. The van der Waals surface area contributed by atoms with Crippen molar-refractivity contribution in [1.29, 1.82) is 0 Å². The summed E-state index contributed by atoms with van der Waals surface area (Å²) in [4.78, 5) is 25.9. The maximum atomic E-state index is 12.8. The minimum Gasteiger partial charge on any atom is -0.368 e. The van der Waals surface area contributed by atoms with Crippen molar-refractivity contribution in [2.45, 2.75) is 32.4 Å². The van der Waals surface area contributed by atoms with Crippen LogP contribution in [0.25, 0.3) is 0 Å². The molecule has 0 N–H and O–H groups in total. The molecule has 0 radical (unpaired) electrons. The Hall–Kier alpha value is -2.48. The molecule has 0 saturated carbocycles. The van der Waals surface area contributed by atoms with Gasteiger partial charge in [-0.05, 0) is 25.8 Å². The van der Waals surface area contributed by atoms with E-state index in [1.165, 1.54) is 12.8 Å². The van der Waals surface area contributed by atoms with Crippen LogP contribution in [0.4, 0.5) is 5.95 Å². The van der Waals surface area contributed by atoms with Gasteiger partial charge in [-0.15, -0.1) is 0 Å². The van der Waals surface area contributed by atoms with Crippen LogP contribution in [0.3, 0.4) is 0 Å². The van der Waals surface area contributed by atoms with E-state index in [1.807, 2.05) is 17.9 Å². The number of hydrogen-bond donors (Lipinski definition) is 0. The molecule has 2 fully saturated rings. The Morgan fingerprint density at radius 2 is 2.15 bits per heavy atom. The lowest BCUT2D eigenvalue weighted by Gasteiger charge is -2.32. The molecule has 1 amide bonds. The van der Waals surface area contributed by atoms with Crippen LogP contribution in [0.15, 0.2) is 24.7 Å². The average molecular weight is 356 g/mol. The van der Waals surface area contributed by atoms with Gasteiger partial charge >= 0.3 is 0 Å². The number of carbonyl (C=O) groups excluding carboxylic acids is 1. The highest BCUT2D eigenvalue weighted by molar-refractivity contribution is 5.93. The lowest BCUT2D eigenvalue weighted by Crippen LogP contribution is -2.42. The number of amides is 1. The van der Waals surface area contributed by atoms with E-state index in [0.29, 0.717) is 25.3 Å². The number of ether oxygens (including phenoxy) is 1. The van der Waals surface area contributed by atoms with E-state index in [0.717, 1.165) is 31.3 Å². The number of aryl methyl sites for hydroxylation is 1. The number of rotatable bonds is 4. The Morgan fingerprint density at radius 3 is 2.92 bits per heavy atom. The van der Waals surface area contributed by atoms with Crippen LogP contribution in [0, 0.1) is 0 Å². The molecule has 4 rings (SSSR count). The van der Waals surface area contributed by atoms with Crippen molar-refractivity contribution in [2.24, 2.45) is 0 Å². The van der Waals surface area contributed by atoms with Crippen LogP contribution in [0.2, 0.25) is 0 Å². The van der Waals surface area contributed by atoms with E-state index in [2.05, 4.69) is 15.0 Å². The molecule has 0 bridgehead atoms. The predicted molar refractivity (Wildman–Crippen MR) is 96.0 cm³/mol. The number of hydrogen-bond acceptors (Lipinski definition) is 6. The zero-order chi connectivity index (χ0) is 17.9. The zero-order valence-corrected chi connectivity index (χ0v) is 15.0. The van der Waals surface area contributed by atoms with Gasteiger partial charge in [-0.1, -0.05) is 0 Å². The molecule has 4 heterocycles. The molecule has 2 saturated heterocycles. The summed E-state index contributed by atoms with van der Waals surface area (Å²) in [5.74, 6) is 0.753. The maximum Gasteiger partial charge on any atom is 0.257 e. The summed E-state index contributed by atoms with van der Waals surface area (Å²) in [5, 5.41) is 4.20. The number of aromatic nitrogens is 4. The van der Waals surface area contributed by atoms with Crippen LogP contribution in [0.5, 0.6) is 0 Å². The molecule has 0 aliphatic carbocycles. The van der Waals surface area contributed by atoms with E-state index in [4.69, 9.17) is 9.72 Å². The topological polar surface area (TPSA) is 76.4 Å². The molecule has 138 valence electrons. The van der Waals surface area contributed by atoms with Gasteiger partial charge in [0, 0.05) is 38.6 Å². The Morgan fingerprint density at radius 1 is 1.31 bits per heavy atom. The Bertz CT molecular complexity index is 771. The van der Waals surface area contributed by atoms with Crippen molar-refractivity contribution in [1.82, 2.24) is 24.6 Å². The summed E-state index contributed by atoms with van der Waals surface area (Å²) >= 11 is 0. The Labute approximate surface area is 152 Å². The molecule has 2 aromatic heterocycles. The van der Waals surface area contributed by atoms with Crippen molar-refractivity contribution in [3.63, 3.8) is 0 Å². The van der Waals surface area contributed by atoms with E-state index in [9.17, 15) is 4.79 Å². The largest absolute Gasteiger partial charge is 0.368 e. The highest BCUT2D eigenvalue weighted by Gasteiger charge is 2.28. The first-order valence-corrected chi connectivity index (χ1v) is 9.26. The first kappa shape index (κ1) is 17.0. The molecule has 8 nitrogen and oxygen atoms in total. The second-order valence-electron chi connectivity index (χ2n) is 6.67. The summed E-state index contributed by atoms with van der Waals surface area (Å²) < 4.78 is 7.66. The number of morpholine rings is 1. The normalized spacial score (nSPS) is 20.6. The summed E-state index contributed by atoms with van der Waals surface area (Å²) in [5.41, 5.74) is 1.46. The van der Waals surface area contributed by atoms with Gasteiger partial charge in [-0.2, -0.15) is 5.10 Å². The predicted octanol–water partition coefficient (Wildman–Crippen LogP) is 1.51. The molecule has 0 aromatic carbocycles. The number of anilines is 1. The minimum atomic E-state index is -0.224. The first-order valence-electron chi connectivity index (χ1n) is 9.26. The first-order chi connectivity index (χ1) is 12.7. The molecule has 26 heavy (non-hydrogen) atoms. The van der Waals surface area contributed by atoms with Gasteiger partial charge in [0.1, 0.15) is 6.10 Å². The molecule has 2 aliphatic rings. The number of nitrogens with zero attached hydrogens (tertiary/aromatic N) is 6. The molecule has 2 aromatic rings. The van der Waals surface area contributed by atoms with E-state index < -0.39 is 0 Å². The summed E-state index contributed by atoms with van der Waals surface area (Å²) in [7, 11) is 0. The fourth-order valence-electron chi connectivity index (χ4n) is 3.45. The van der Waals surface area contributed by atoms with Gasteiger partial charge in [-0.25, -0.2) is 9.97 Å². The van der Waals surface area contributed by atoms with Crippen molar-refractivity contribution < 1.29 is 9.53 Å². The van der Waals surface area contributed by atoms with Gasteiger partial charge in [0.2, 0.25) is 5.95 Å². The molecule has 8 heteroatoms. The van der Waals surface area contributed by atoms with Gasteiger partial charge in [0.15, 0.2) is 0 Å². The zero-order valence-electron chi connectivity index (χ0n) is 15.0. The smallest absolute Gasteiger partial charge is 0.257 e. The van der Waals surface area contributed by atoms with Crippen molar-refractivity contribution in [3.8, 4) is 0 Å². The Kier molecular flexibility index (Phi) is 4.83. The third kappa shape index (κ3) is 3.41. The number of carbonyl (C=O) groups is 1. The van der Waals surface area contributed by atoms with E-state index in [1.54, 1.807) is 23.3 Å². The van der Waals surface area contributed by atoms with Gasteiger partial charge in [0.25, 0.3) is 5.91 Å². The average Bonchev–Trinajstić information content (AvgIpc) is 3.39. The van der Waals surface area contributed by atoms with Crippen molar-refractivity contribution in [2.75, 3.05) is 37.7 Å². The fourth-order valence-corrected chi connectivity index (χ4v) is 3.45. The lowest BCUT2D eigenvalue weighted by molar-refractivity contribution is -0.0247. The third-order valence-corrected chi connectivity index (χ3v) is 4.94. The van der Waals surface area contributed by atoms with Crippen LogP contribution in [-0.2, 0) is 11.3 Å². The molecular weight excluding hydrogens is 332 g/mol. The molecule has 0 unspecified atom stereocenters. The second-order valence-corrected chi connectivity index (χ2v) is 6.67. The standard InChI is InChI=1S/C18H24N6O2/c1-2-24-12-14(11-20-24)17(25)23-9-10-26-16(13-23)15-5-6-19-18(21-15)22-7-3-4-8-22/h5-6,11-12,16H,2-4,7-10,13H2,1H3/t16-/m1/s1. The van der Waals surface area contributed by atoms with Crippen LogP contribution in [-0.4, -0.2) is 63.3 Å². The van der Waals surface area contributed by atoms with Crippen LogP contribution in [0.1, 0.15) is 41.9 Å². The van der Waals surface area contributed by atoms with Crippen LogP contribution < -0.4 is 4.90 Å². The summed E-state index contributed by atoms with van der Waals surface area (Å²) in [6.45, 7) is 6.32. The fraction of sp³-hybridized carbons (Fsp3) is 0.556. The van der Waals surface area contributed by atoms with E-state index in [-0.39, 0.29) is 12.0 Å². The summed E-state index contributed by atoms with van der Waals surface area (Å²) in [6.07, 6.45) is 7.35. The SMILES string of the molecule is CCn1cc(C(=O)N2CCO[C@@H](c3ccnc(N4CCCC4)n3)C2)cn1. The highest BCUT2D eigenvalue weighted by atomic mass is 16.5. The third-order valence-electron chi connectivity index (χ3n) is 4.94. The monoisotopic (exact) mass is 356 g/mol. The van der Waals surface area contributed by atoms with Crippen LogP contribution >= 0.6 is 0 Å². The lowest BCUT2D eigenvalue weighted by atomic mass is 10.2. The van der Waals surface area contributed by atoms with Gasteiger partial charge < -0.3 is 14.5 Å². The van der Waals surface area contributed by atoms with E-state index >= 15 is 0 Å². The maximum absolute atomic E-state index is 12.8. The molecule has 2 aliphatic heterocycles. The van der Waals surface area contributed by atoms with Crippen molar-refractivity contribution >= 4 is 11.9 Å². The second kappa shape index (κ2) is 7.41. The van der Waals surface area contributed by atoms with Gasteiger partial charge in [-0.3, -0.25) is 9.48 Å². The van der Waals surface area contributed by atoms with Gasteiger partial charge in [0.05, 0.1) is 30.6 Å². The Balaban J connectivity index is 1.48. The minimum absolute atomic E-state index is 0.00757. The molecule has 0 spiro atoms. The highest BCUT2D eigenvalue weighted by Crippen LogP contribution is 2.24. The quantitative estimate of drug-likeness (QED) is 0.826. The molecule has 1 atom stereocenters.